The molecule has 0 heterocycles. The molecule has 0 unspecified atom stereocenters. The van der Waals surface area contributed by atoms with Crippen molar-refractivity contribution in [2.45, 2.75) is 13.8 Å². The summed E-state index contributed by atoms with van der Waals surface area (Å²) in [5.41, 5.74) is -1.03. The minimum absolute atomic E-state index is 0.370. The largest absolute Gasteiger partial charge is 0.479 e. The molecule has 0 aromatic heterocycles. The summed E-state index contributed by atoms with van der Waals surface area (Å²) in [6, 6.07) is 0. The maximum atomic E-state index is 11.0. The van der Waals surface area contributed by atoms with Crippen molar-refractivity contribution in [1.29, 1.82) is 0 Å². The molecule has 70 valence electrons. The molecule has 0 spiro atoms. The number of hydrogen-bond donors (Lipinski definition) is 2. The lowest BCUT2D eigenvalue weighted by molar-refractivity contribution is -0.163. The second-order valence-electron chi connectivity index (χ2n) is 3.01. The number of carboxylic acids is 1. The van der Waals surface area contributed by atoms with Crippen molar-refractivity contribution in [3.63, 3.8) is 0 Å². The number of carbonyl (C=O) groups excluding carboxylic acids is 1. The average molecular weight is 176 g/mol. The van der Waals surface area contributed by atoms with Crippen molar-refractivity contribution in [2.75, 3.05) is 13.2 Å². The normalized spacial score (nSPS) is 10.9. The molecule has 12 heavy (non-hydrogen) atoms. The third kappa shape index (κ3) is 3.34. The SMILES string of the molecule is CC(C)(CO)C(=O)OCC(=O)O. The summed E-state index contributed by atoms with van der Waals surface area (Å²) in [7, 11) is 0. The predicted molar refractivity (Wildman–Crippen MR) is 39.5 cm³/mol. The van der Waals surface area contributed by atoms with Crippen molar-refractivity contribution in [3.05, 3.63) is 0 Å². The van der Waals surface area contributed by atoms with Gasteiger partial charge in [0.15, 0.2) is 6.61 Å². The van der Waals surface area contributed by atoms with E-state index in [9.17, 15) is 9.59 Å². The molecule has 0 aliphatic rings. The highest BCUT2D eigenvalue weighted by Gasteiger charge is 2.28. The Morgan fingerprint density at radius 1 is 1.42 bits per heavy atom. The van der Waals surface area contributed by atoms with Crippen LogP contribution in [0.2, 0.25) is 0 Å². The smallest absolute Gasteiger partial charge is 0.341 e. The molecule has 5 nitrogen and oxygen atoms in total. The number of rotatable bonds is 4. The molecule has 0 aromatic rings. The number of esters is 1. The summed E-state index contributed by atoms with van der Waals surface area (Å²) < 4.78 is 4.36. The van der Waals surface area contributed by atoms with Crippen molar-refractivity contribution < 1.29 is 24.5 Å². The number of aliphatic hydroxyl groups excluding tert-OH is 1. The minimum Gasteiger partial charge on any atom is -0.479 e. The Kier molecular flexibility index (Phi) is 3.69. The predicted octanol–water partition coefficient (Wildman–Crippen LogP) is -0.367. The third-order valence-electron chi connectivity index (χ3n) is 1.27. The Labute approximate surface area is 70.0 Å². The van der Waals surface area contributed by atoms with Crippen LogP contribution in [0.1, 0.15) is 13.8 Å². The monoisotopic (exact) mass is 176 g/mol. The number of ether oxygens (including phenoxy) is 1. The Bertz CT molecular complexity index is 184. The van der Waals surface area contributed by atoms with Gasteiger partial charge in [0, 0.05) is 0 Å². The summed E-state index contributed by atoms with van der Waals surface area (Å²) in [5.74, 6) is -1.93. The first-order valence-electron chi connectivity index (χ1n) is 3.40. The first-order chi connectivity index (χ1) is 5.40. The van der Waals surface area contributed by atoms with Crippen molar-refractivity contribution >= 4 is 11.9 Å². The van der Waals surface area contributed by atoms with Gasteiger partial charge in [0.2, 0.25) is 0 Å². The lowest BCUT2D eigenvalue weighted by Crippen LogP contribution is -2.31. The molecule has 0 rings (SSSR count). The molecular formula is C7H12O5. The van der Waals surface area contributed by atoms with Gasteiger partial charge in [0.25, 0.3) is 0 Å². The summed E-state index contributed by atoms with van der Waals surface area (Å²) in [4.78, 5) is 20.9. The Morgan fingerprint density at radius 3 is 2.25 bits per heavy atom. The van der Waals surface area contributed by atoms with E-state index in [1.54, 1.807) is 0 Å². The topological polar surface area (TPSA) is 83.8 Å². The molecule has 2 N–H and O–H groups in total. The molecule has 0 aromatic carbocycles. The first-order valence-corrected chi connectivity index (χ1v) is 3.40. The van der Waals surface area contributed by atoms with Gasteiger partial charge < -0.3 is 14.9 Å². The highest BCUT2D eigenvalue weighted by atomic mass is 16.6. The van der Waals surface area contributed by atoms with E-state index in [1.807, 2.05) is 0 Å². The second-order valence-corrected chi connectivity index (χ2v) is 3.01. The van der Waals surface area contributed by atoms with Gasteiger partial charge in [-0.1, -0.05) is 0 Å². The molecule has 0 aliphatic carbocycles. The van der Waals surface area contributed by atoms with Crippen LogP contribution in [0.4, 0.5) is 0 Å². The molecule has 0 fully saturated rings. The minimum atomic E-state index is -1.21. The van der Waals surface area contributed by atoms with E-state index in [2.05, 4.69) is 4.74 Å². The Morgan fingerprint density at radius 2 is 1.92 bits per heavy atom. The molecular weight excluding hydrogens is 164 g/mol. The van der Waals surface area contributed by atoms with Crippen LogP contribution >= 0.6 is 0 Å². The van der Waals surface area contributed by atoms with Crippen LogP contribution in [-0.2, 0) is 14.3 Å². The second kappa shape index (κ2) is 4.06. The molecule has 0 aliphatic heterocycles. The van der Waals surface area contributed by atoms with Crippen molar-refractivity contribution in [3.8, 4) is 0 Å². The van der Waals surface area contributed by atoms with E-state index < -0.39 is 24.0 Å². The van der Waals surface area contributed by atoms with Gasteiger partial charge in [-0.3, -0.25) is 4.79 Å². The van der Waals surface area contributed by atoms with Gasteiger partial charge in [-0.05, 0) is 13.8 Å². The van der Waals surface area contributed by atoms with E-state index >= 15 is 0 Å². The summed E-state index contributed by atoms with van der Waals surface area (Å²) >= 11 is 0. The van der Waals surface area contributed by atoms with E-state index in [0.717, 1.165) is 0 Å². The van der Waals surface area contributed by atoms with Crippen LogP contribution in [0, 0.1) is 5.41 Å². The zero-order valence-electron chi connectivity index (χ0n) is 7.03. The highest BCUT2D eigenvalue weighted by Crippen LogP contribution is 2.15. The van der Waals surface area contributed by atoms with Crippen LogP contribution < -0.4 is 0 Å². The number of carbonyl (C=O) groups is 2. The van der Waals surface area contributed by atoms with Gasteiger partial charge in [0.05, 0.1) is 12.0 Å². The quantitative estimate of drug-likeness (QED) is 0.571. The molecule has 0 saturated carbocycles. The van der Waals surface area contributed by atoms with Crippen LogP contribution in [0.25, 0.3) is 0 Å². The zero-order chi connectivity index (χ0) is 9.78. The molecule has 0 atom stereocenters. The van der Waals surface area contributed by atoms with Crippen LogP contribution in [0.15, 0.2) is 0 Å². The lowest BCUT2D eigenvalue weighted by atomic mass is 9.95. The van der Waals surface area contributed by atoms with E-state index in [-0.39, 0.29) is 6.61 Å². The molecule has 0 bridgehead atoms. The third-order valence-corrected chi connectivity index (χ3v) is 1.27. The highest BCUT2D eigenvalue weighted by molar-refractivity contribution is 5.79. The standard InChI is InChI=1S/C7H12O5/c1-7(2,4-8)6(11)12-3-5(9)10/h8H,3-4H2,1-2H3,(H,9,10). The summed E-state index contributed by atoms with van der Waals surface area (Å²) in [6.07, 6.45) is 0. The van der Waals surface area contributed by atoms with E-state index in [1.165, 1.54) is 13.8 Å². The fourth-order valence-electron chi connectivity index (χ4n) is 0.387. The lowest BCUT2D eigenvalue weighted by Gasteiger charge is -2.18. The van der Waals surface area contributed by atoms with Gasteiger partial charge in [-0.15, -0.1) is 0 Å². The number of carboxylic acid groups (broad SMARTS) is 1. The number of hydrogen-bond acceptors (Lipinski definition) is 4. The molecule has 5 heteroatoms. The van der Waals surface area contributed by atoms with E-state index in [0.29, 0.717) is 0 Å². The van der Waals surface area contributed by atoms with Crippen LogP contribution in [0.3, 0.4) is 0 Å². The maximum Gasteiger partial charge on any atom is 0.341 e. The van der Waals surface area contributed by atoms with Crippen molar-refractivity contribution in [1.82, 2.24) is 0 Å². The zero-order valence-corrected chi connectivity index (χ0v) is 7.03. The Hall–Kier alpha value is -1.10. The number of aliphatic hydroxyl groups is 1. The van der Waals surface area contributed by atoms with Gasteiger partial charge >= 0.3 is 11.9 Å². The van der Waals surface area contributed by atoms with Crippen LogP contribution in [-0.4, -0.2) is 35.4 Å². The van der Waals surface area contributed by atoms with Gasteiger partial charge in [-0.2, -0.15) is 0 Å². The fourth-order valence-corrected chi connectivity index (χ4v) is 0.387. The fraction of sp³-hybridized carbons (Fsp3) is 0.714. The van der Waals surface area contributed by atoms with Gasteiger partial charge in [-0.25, -0.2) is 4.79 Å². The maximum absolute atomic E-state index is 11.0. The van der Waals surface area contributed by atoms with Crippen LogP contribution in [0.5, 0.6) is 0 Å². The summed E-state index contributed by atoms with van der Waals surface area (Å²) in [6.45, 7) is 1.90. The van der Waals surface area contributed by atoms with Crippen molar-refractivity contribution in [2.24, 2.45) is 5.41 Å². The molecule has 0 saturated heterocycles. The average Bonchev–Trinajstić information content (AvgIpc) is 2.00. The number of aliphatic carboxylic acids is 1. The first kappa shape index (κ1) is 10.9. The Balaban J connectivity index is 3.96. The van der Waals surface area contributed by atoms with E-state index in [4.69, 9.17) is 10.2 Å². The summed E-state index contributed by atoms with van der Waals surface area (Å²) in [5, 5.41) is 16.8. The molecule has 0 radical (unpaired) electrons. The molecule has 0 amide bonds. The van der Waals surface area contributed by atoms with Gasteiger partial charge in [0.1, 0.15) is 0 Å².